The monoisotopic (exact) mass is 317 g/mol. The van der Waals surface area contributed by atoms with Gasteiger partial charge in [0.25, 0.3) is 5.91 Å². The van der Waals surface area contributed by atoms with Crippen LogP contribution in [0, 0.1) is 0 Å². The second-order valence-electron chi connectivity index (χ2n) is 5.51. The molecule has 0 saturated heterocycles. The Hall–Kier alpha value is -2.65. The van der Waals surface area contributed by atoms with E-state index >= 15 is 0 Å². The van der Waals surface area contributed by atoms with Crippen molar-refractivity contribution >= 4 is 34.6 Å². The summed E-state index contributed by atoms with van der Waals surface area (Å²) in [6.45, 7) is 0.595. The maximum Gasteiger partial charge on any atom is 0.259 e. The molecule has 0 bridgehead atoms. The highest BCUT2D eigenvalue weighted by Gasteiger charge is 2.31. The minimum absolute atomic E-state index is 0.0706. The molecule has 4 rings (SSSR count). The molecule has 0 fully saturated rings. The average molecular weight is 317 g/mol. The zero-order valence-electron chi connectivity index (χ0n) is 12.5. The molecule has 1 amide bonds. The minimum atomic E-state index is 0.0706. The zero-order chi connectivity index (χ0) is 15.6. The van der Waals surface area contributed by atoms with Gasteiger partial charge in [-0.25, -0.2) is 0 Å². The molecule has 0 aliphatic carbocycles. The van der Waals surface area contributed by atoms with E-state index in [1.807, 2.05) is 64.9 Å². The fourth-order valence-corrected chi connectivity index (χ4v) is 3.51. The molecule has 2 nitrogen and oxygen atoms in total. The fraction of sp³-hybridized carbons (Fsp3) is 0.0500. The molecular formula is C20H15NOS. The molecule has 0 spiro atoms. The summed E-state index contributed by atoms with van der Waals surface area (Å²) in [5.41, 5.74) is 4.99. The molecule has 1 aliphatic heterocycles. The number of amides is 1. The van der Waals surface area contributed by atoms with Crippen LogP contribution in [0.5, 0.6) is 0 Å². The van der Waals surface area contributed by atoms with Crippen LogP contribution in [0.2, 0.25) is 0 Å². The van der Waals surface area contributed by atoms with Crippen LogP contribution in [0.25, 0.3) is 11.6 Å². The number of carbonyl (C=O) groups is 1. The lowest BCUT2D eigenvalue weighted by molar-refractivity contribution is -0.113. The predicted molar refractivity (Wildman–Crippen MR) is 96.3 cm³/mol. The third-order valence-electron chi connectivity index (χ3n) is 4.00. The van der Waals surface area contributed by atoms with Crippen molar-refractivity contribution in [1.29, 1.82) is 0 Å². The lowest BCUT2D eigenvalue weighted by Gasteiger charge is -2.17. The van der Waals surface area contributed by atoms with Gasteiger partial charge >= 0.3 is 0 Å². The molecule has 0 unspecified atom stereocenters. The smallest absolute Gasteiger partial charge is 0.259 e. The standard InChI is InChI=1S/C20H15NOS/c22-20-18(12-16-10-11-23-14-16)17-8-4-5-9-19(17)21(20)13-15-6-2-1-3-7-15/h1-12,14H,13H2/b18-12-. The van der Waals surface area contributed by atoms with Gasteiger partial charge in [0.05, 0.1) is 12.2 Å². The van der Waals surface area contributed by atoms with E-state index < -0.39 is 0 Å². The average Bonchev–Trinajstić information content (AvgIpc) is 3.19. The van der Waals surface area contributed by atoms with Crippen molar-refractivity contribution < 1.29 is 4.79 Å². The number of nitrogens with zero attached hydrogens (tertiary/aromatic N) is 1. The number of thiophene rings is 1. The van der Waals surface area contributed by atoms with Crippen molar-refractivity contribution in [3.05, 3.63) is 88.1 Å². The van der Waals surface area contributed by atoms with E-state index in [0.29, 0.717) is 6.54 Å². The number of carbonyl (C=O) groups excluding carboxylic acids is 1. The van der Waals surface area contributed by atoms with Crippen LogP contribution in [-0.4, -0.2) is 5.91 Å². The molecule has 3 heteroatoms. The Balaban J connectivity index is 1.76. The normalized spacial score (nSPS) is 15.2. The third kappa shape index (κ3) is 2.60. The summed E-state index contributed by atoms with van der Waals surface area (Å²) in [5, 5.41) is 4.09. The summed E-state index contributed by atoms with van der Waals surface area (Å²) >= 11 is 1.64. The Labute approximate surface area is 139 Å². The number of hydrogen-bond donors (Lipinski definition) is 0. The Bertz CT molecular complexity index is 866. The first-order valence-corrected chi connectivity index (χ1v) is 8.46. The van der Waals surface area contributed by atoms with Gasteiger partial charge in [0, 0.05) is 11.1 Å². The molecule has 2 aromatic carbocycles. The van der Waals surface area contributed by atoms with Gasteiger partial charge in [-0.2, -0.15) is 11.3 Å². The van der Waals surface area contributed by atoms with E-state index in [9.17, 15) is 4.79 Å². The first-order chi connectivity index (χ1) is 11.3. The van der Waals surface area contributed by atoms with Crippen LogP contribution in [0.3, 0.4) is 0 Å². The second-order valence-corrected chi connectivity index (χ2v) is 6.29. The molecule has 23 heavy (non-hydrogen) atoms. The Morgan fingerprint density at radius 2 is 1.74 bits per heavy atom. The van der Waals surface area contributed by atoms with Crippen LogP contribution in [0.1, 0.15) is 16.7 Å². The first-order valence-electron chi connectivity index (χ1n) is 7.52. The van der Waals surface area contributed by atoms with Gasteiger partial charge in [0.2, 0.25) is 0 Å². The summed E-state index contributed by atoms with van der Waals surface area (Å²) in [5.74, 6) is 0.0706. The SMILES string of the molecule is O=C1/C(=C\c2ccsc2)c2ccccc2N1Cc1ccccc1. The second kappa shape index (κ2) is 5.86. The maximum absolute atomic E-state index is 13.0. The highest BCUT2D eigenvalue weighted by molar-refractivity contribution is 7.08. The van der Waals surface area contributed by atoms with Crippen LogP contribution in [0.4, 0.5) is 5.69 Å². The van der Waals surface area contributed by atoms with Gasteiger partial charge in [-0.15, -0.1) is 0 Å². The number of hydrogen-bond acceptors (Lipinski definition) is 2. The fourth-order valence-electron chi connectivity index (χ4n) is 2.89. The Morgan fingerprint density at radius 1 is 0.957 bits per heavy atom. The van der Waals surface area contributed by atoms with E-state index in [1.165, 1.54) is 0 Å². The van der Waals surface area contributed by atoms with Crippen LogP contribution in [-0.2, 0) is 11.3 Å². The minimum Gasteiger partial charge on any atom is -0.303 e. The molecule has 3 aromatic rings. The summed E-state index contributed by atoms with van der Waals surface area (Å²) < 4.78 is 0. The highest BCUT2D eigenvalue weighted by Crippen LogP contribution is 2.38. The van der Waals surface area contributed by atoms with Gasteiger partial charge in [-0.1, -0.05) is 48.5 Å². The summed E-state index contributed by atoms with van der Waals surface area (Å²) in [7, 11) is 0. The molecule has 0 saturated carbocycles. The van der Waals surface area contributed by atoms with Gasteiger partial charge in [0.15, 0.2) is 0 Å². The van der Waals surface area contributed by atoms with E-state index in [2.05, 4.69) is 17.5 Å². The lowest BCUT2D eigenvalue weighted by atomic mass is 10.1. The number of rotatable bonds is 3. The third-order valence-corrected chi connectivity index (χ3v) is 4.70. The molecule has 0 atom stereocenters. The van der Waals surface area contributed by atoms with Crippen molar-refractivity contribution in [2.45, 2.75) is 6.54 Å². The predicted octanol–water partition coefficient (Wildman–Crippen LogP) is 4.84. The number of fused-ring (bicyclic) bond motifs is 1. The van der Waals surface area contributed by atoms with Gasteiger partial charge in [0.1, 0.15) is 0 Å². The van der Waals surface area contributed by atoms with Gasteiger partial charge in [-0.05, 0) is 40.1 Å². The maximum atomic E-state index is 13.0. The van der Waals surface area contributed by atoms with Crippen LogP contribution < -0.4 is 4.90 Å². The number of para-hydroxylation sites is 1. The van der Waals surface area contributed by atoms with Crippen molar-refractivity contribution in [2.24, 2.45) is 0 Å². The molecule has 112 valence electrons. The van der Waals surface area contributed by atoms with Gasteiger partial charge in [-0.3, -0.25) is 4.79 Å². The Kier molecular flexibility index (Phi) is 3.56. The van der Waals surface area contributed by atoms with Crippen molar-refractivity contribution in [1.82, 2.24) is 0 Å². The van der Waals surface area contributed by atoms with Crippen molar-refractivity contribution in [3.8, 4) is 0 Å². The topological polar surface area (TPSA) is 20.3 Å². The first kappa shape index (κ1) is 14.0. The lowest BCUT2D eigenvalue weighted by Crippen LogP contribution is -2.25. The molecule has 0 N–H and O–H groups in total. The summed E-state index contributed by atoms with van der Waals surface area (Å²) in [6.07, 6.45) is 1.99. The largest absolute Gasteiger partial charge is 0.303 e. The quantitative estimate of drug-likeness (QED) is 0.633. The Morgan fingerprint density at radius 3 is 2.52 bits per heavy atom. The van der Waals surface area contributed by atoms with Crippen LogP contribution in [0.15, 0.2) is 71.4 Å². The zero-order valence-corrected chi connectivity index (χ0v) is 13.3. The molecule has 2 heterocycles. The van der Waals surface area contributed by atoms with E-state index in [-0.39, 0.29) is 5.91 Å². The molecule has 0 radical (unpaired) electrons. The summed E-state index contributed by atoms with van der Waals surface area (Å²) in [4.78, 5) is 14.8. The van der Waals surface area contributed by atoms with E-state index in [0.717, 1.165) is 28.0 Å². The van der Waals surface area contributed by atoms with Crippen molar-refractivity contribution in [3.63, 3.8) is 0 Å². The van der Waals surface area contributed by atoms with Gasteiger partial charge < -0.3 is 4.90 Å². The van der Waals surface area contributed by atoms with Crippen molar-refractivity contribution in [2.75, 3.05) is 4.90 Å². The summed E-state index contributed by atoms with van der Waals surface area (Å²) in [6, 6.07) is 20.2. The number of benzene rings is 2. The van der Waals surface area contributed by atoms with E-state index in [1.54, 1.807) is 11.3 Å². The molecular weight excluding hydrogens is 302 g/mol. The highest BCUT2D eigenvalue weighted by atomic mass is 32.1. The molecule has 1 aliphatic rings. The molecule has 1 aromatic heterocycles. The van der Waals surface area contributed by atoms with Crippen LogP contribution >= 0.6 is 11.3 Å². The number of anilines is 1. The van der Waals surface area contributed by atoms with E-state index in [4.69, 9.17) is 0 Å².